The predicted octanol–water partition coefficient (Wildman–Crippen LogP) is 1.36. The van der Waals surface area contributed by atoms with Crippen molar-refractivity contribution >= 4 is 18.3 Å². The molecule has 112 valence electrons. The van der Waals surface area contributed by atoms with Crippen LogP contribution in [0, 0.1) is 12.8 Å². The Balaban J connectivity index is 0.00000200. The monoisotopic (exact) mass is 297 g/mol. The summed E-state index contributed by atoms with van der Waals surface area (Å²) in [4.78, 5) is 14.0. The van der Waals surface area contributed by atoms with Gasteiger partial charge in [-0.15, -0.1) is 12.4 Å². The highest BCUT2D eigenvalue weighted by atomic mass is 35.5. The van der Waals surface area contributed by atoms with Crippen molar-refractivity contribution < 1.29 is 4.79 Å². The van der Waals surface area contributed by atoms with Crippen LogP contribution in [0.1, 0.15) is 17.2 Å². The third-order valence-corrected chi connectivity index (χ3v) is 3.71. The van der Waals surface area contributed by atoms with Gasteiger partial charge in [-0.1, -0.05) is 29.8 Å². The minimum atomic E-state index is 0. The van der Waals surface area contributed by atoms with E-state index in [1.165, 1.54) is 11.1 Å². The SMILES string of the molecule is Cc1ccc(C(CNC(=O)C2CNC2)N(C)C)cc1.Cl. The molecule has 1 aliphatic rings. The summed E-state index contributed by atoms with van der Waals surface area (Å²) in [5, 5.41) is 6.18. The molecule has 2 N–H and O–H groups in total. The first-order valence-corrected chi connectivity index (χ1v) is 6.79. The molecule has 1 aromatic rings. The van der Waals surface area contributed by atoms with E-state index in [2.05, 4.69) is 46.7 Å². The van der Waals surface area contributed by atoms with E-state index in [9.17, 15) is 4.79 Å². The van der Waals surface area contributed by atoms with Crippen LogP contribution in [-0.2, 0) is 4.79 Å². The first-order valence-electron chi connectivity index (χ1n) is 6.79. The number of halogens is 1. The average Bonchev–Trinajstić information content (AvgIpc) is 2.29. The molecule has 1 aromatic carbocycles. The number of nitrogens with one attached hydrogen (secondary N) is 2. The second-order valence-electron chi connectivity index (χ2n) is 5.49. The molecule has 1 aliphatic heterocycles. The van der Waals surface area contributed by atoms with Crippen LogP contribution in [0.2, 0.25) is 0 Å². The number of nitrogens with zero attached hydrogens (tertiary/aromatic N) is 1. The topological polar surface area (TPSA) is 44.4 Å². The number of hydrogen-bond acceptors (Lipinski definition) is 3. The number of carbonyl (C=O) groups is 1. The van der Waals surface area contributed by atoms with E-state index in [0.29, 0.717) is 6.54 Å². The molecule has 4 nitrogen and oxygen atoms in total. The molecule has 1 amide bonds. The molecule has 5 heteroatoms. The van der Waals surface area contributed by atoms with E-state index in [0.717, 1.165) is 13.1 Å². The number of rotatable bonds is 5. The zero-order valence-corrected chi connectivity index (χ0v) is 13.2. The second-order valence-corrected chi connectivity index (χ2v) is 5.49. The highest BCUT2D eigenvalue weighted by Crippen LogP contribution is 2.18. The molecular formula is C15H24ClN3O. The summed E-state index contributed by atoms with van der Waals surface area (Å²) < 4.78 is 0. The lowest BCUT2D eigenvalue weighted by Gasteiger charge is -2.29. The molecule has 1 fully saturated rings. The van der Waals surface area contributed by atoms with Gasteiger partial charge in [-0.05, 0) is 26.6 Å². The Morgan fingerprint density at radius 3 is 2.40 bits per heavy atom. The van der Waals surface area contributed by atoms with Crippen LogP contribution in [0.3, 0.4) is 0 Å². The Bertz CT molecular complexity index is 429. The van der Waals surface area contributed by atoms with Crippen molar-refractivity contribution in [2.75, 3.05) is 33.7 Å². The van der Waals surface area contributed by atoms with Crippen LogP contribution < -0.4 is 10.6 Å². The fourth-order valence-corrected chi connectivity index (χ4v) is 2.20. The molecule has 1 unspecified atom stereocenters. The molecule has 0 aromatic heterocycles. The molecule has 1 heterocycles. The van der Waals surface area contributed by atoms with Crippen LogP contribution >= 0.6 is 12.4 Å². The number of carbonyl (C=O) groups excluding carboxylic acids is 1. The average molecular weight is 298 g/mol. The first-order chi connectivity index (χ1) is 9.08. The van der Waals surface area contributed by atoms with Gasteiger partial charge in [-0.25, -0.2) is 0 Å². The molecule has 20 heavy (non-hydrogen) atoms. The maximum Gasteiger partial charge on any atom is 0.225 e. The van der Waals surface area contributed by atoms with Crippen LogP contribution in [0.15, 0.2) is 24.3 Å². The molecule has 1 saturated heterocycles. The summed E-state index contributed by atoms with van der Waals surface area (Å²) in [6.45, 7) is 4.36. The van der Waals surface area contributed by atoms with E-state index in [1.807, 2.05) is 14.1 Å². The van der Waals surface area contributed by atoms with Gasteiger partial charge in [-0.3, -0.25) is 4.79 Å². The maximum atomic E-state index is 11.9. The van der Waals surface area contributed by atoms with E-state index in [4.69, 9.17) is 0 Å². The summed E-state index contributed by atoms with van der Waals surface area (Å²) in [5.41, 5.74) is 2.49. The number of benzene rings is 1. The van der Waals surface area contributed by atoms with Crippen molar-refractivity contribution in [3.8, 4) is 0 Å². The molecule has 0 saturated carbocycles. The van der Waals surface area contributed by atoms with Crippen molar-refractivity contribution in [1.29, 1.82) is 0 Å². The minimum Gasteiger partial charge on any atom is -0.354 e. The fraction of sp³-hybridized carbons (Fsp3) is 0.533. The third kappa shape index (κ3) is 4.20. The van der Waals surface area contributed by atoms with Crippen molar-refractivity contribution in [3.63, 3.8) is 0 Å². The quantitative estimate of drug-likeness (QED) is 0.862. The smallest absolute Gasteiger partial charge is 0.225 e. The van der Waals surface area contributed by atoms with Crippen LogP contribution in [-0.4, -0.2) is 44.5 Å². The lowest BCUT2D eigenvalue weighted by atomic mass is 10.0. The number of likely N-dealkylation sites (N-methyl/N-ethyl adjacent to an activating group) is 1. The first kappa shape index (κ1) is 17.0. The Morgan fingerprint density at radius 1 is 1.35 bits per heavy atom. The summed E-state index contributed by atoms with van der Waals surface area (Å²) in [7, 11) is 4.09. The lowest BCUT2D eigenvalue weighted by molar-refractivity contribution is -0.126. The van der Waals surface area contributed by atoms with Gasteiger partial charge in [0.2, 0.25) is 5.91 Å². The largest absolute Gasteiger partial charge is 0.354 e. The van der Waals surface area contributed by atoms with Gasteiger partial charge < -0.3 is 15.5 Å². The third-order valence-electron chi connectivity index (χ3n) is 3.71. The van der Waals surface area contributed by atoms with Gasteiger partial charge in [0.15, 0.2) is 0 Å². The van der Waals surface area contributed by atoms with Gasteiger partial charge in [0, 0.05) is 19.6 Å². The highest BCUT2D eigenvalue weighted by Gasteiger charge is 2.25. The zero-order chi connectivity index (χ0) is 13.8. The lowest BCUT2D eigenvalue weighted by Crippen LogP contribution is -2.51. The Kier molecular flexibility index (Phi) is 6.46. The number of amides is 1. The van der Waals surface area contributed by atoms with Crippen molar-refractivity contribution in [3.05, 3.63) is 35.4 Å². The molecule has 0 radical (unpaired) electrons. The summed E-state index contributed by atoms with van der Waals surface area (Å²) in [6.07, 6.45) is 0. The van der Waals surface area contributed by atoms with Crippen LogP contribution in [0.25, 0.3) is 0 Å². The molecule has 2 rings (SSSR count). The molecule has 0 spiro atoms. The number of hydrogen-bond donors (Lipinski definition) is 2. The van der Waals surface area contributed by atoms with E-state index in [-0.39, 0.29) is 30.3 Å². The van der Waals surface area contributed by atoms with Crippen molar-refractivity contribution in [1.82, 2.24) is 15.5 Å². The summed E-state index contributed by atoms with van der Waals surface area (Å²) in [5.74, 6) is 0.318. The molecule has 0 aliphatic carbocycles. The number of aryl methyl sites for hydroxylation is 1. The normalized spacial score (nSPS) is 16.2. The van der Waals surface area contributed by atoms with Crippen molar-refractivity contribution in [2.45, 2.75) is 13.0 Å². The minimum absolute atomic E-state index is 0. The second kappa shape index (κ2) is 7.62. The van der Waals surface area contributed by atoms with E-state index >= 15 is 0 Å². The highest BCUT2D eigenvalue weighted by molar-refractivity contribution is 5.85. The molecular weight excluding hydrogens is 274 g/mol. The predicted molar refractivity (Wildman–Crippen MR) is 84.2 cm³/mol. The van der Waals surface area contributed by atoms with Crippen molar-refractivity contribution in [2.24, 2.45) is 5.92 Å². The zero-order valence-electron chi connectivity index (χ0n) is 12.3. The maximum absolute atomic E-state index is 11.9. The Morgan fingerprint density at radius 2 is 1.95 bits per heavy atom. The van der Waals surface area contributed by atoms with E-state index in [1.54, 1.807) is 0 Å². The Labute approximate surface area is 127 Å². The van der Waals surface area contributed by atoms with Crippen LogP contribution in [0.4, 0.5) is 0 Å². The van der Waals surface area contributed by atoms with Crippen LogP contribution in [0.5, 0.6) is 0 Å². The Hall–Kier alpha value is -1.10. The van der Waals surface area contributed by atoms with E-state index < -0.39 is 0 Å². The standard InChI is InChI=1S/C15H23N3O.ClH/c1-11-4-6-12(7-5-11)14(18(2)3)10-17-15(19)13-8-16-9-13;/h4-7,13-14,16H,8-10H2,1-3H3,(H,17,19);1H. The fourth-order valence-electron chi connectivity index (χ4n) is 2.20. The van der Waals surface area contributed by atoms with Gasteiger partial charge in [0.05, 0.1) is 12.0 Å². The van der Waals surface area contributed by atoms with Gasteiger partial charge in [0.1, 0.15) is 0 Å². The molecule has 0 bridgehead atoms. The van der Waals surface area contributed by atoms with Gasteiger partial charge >= 0.3 is 0 Å². The summed E-state index contributed by atoms with van der Waals surface area (Å²) in [6, 6.07) is 8.72. The molecule has 1 atom stereocenters. The van der Waals surface area contributed by atoms with Gasteiger partial charge in [-0.2, -0.15) is 0 Å². The summed E-state index contributed by atoms with van der Waals surface area (Å²) >= 11 is 0. The van der Waals surface area contributed by atoms with Gasteiger partial charge in [0.25, 0.3) is 0 Å².